The molecule has 2 unspecified atom stereocenters. The SMILES string of the molecule is COc1ccc2nccc(NC(=O)C3CCCC(CNCc4cc5c(cc4F)SCC(=O)N5)C3)c2c1. The molecule has 1 fully saturated rings. The maximum Gasteiger partial charge on any atom is 0.234 e. The van der Waals surface area contributed by atoms with Crippen LogP contribution in [0, 0.1) is 17.7 Å². The minimum atomic E-state index is -0.271. The number of aromatic nitrogens is 1. The van der Waals surface area contributed by atoms with E-state index in [2.05, 4.69) is 20.9 Å². The third-order valence-corrected chi connectivity index (χ3v) is 7.95. The van der Waals surface area contributed by atoms with Crippen LogP contribution in [-0.4, -0.2) is 36.2 Å². The molecule has 0 bridgehead atoms. The fourth-order valence-electron chi connectivity index (χ4n) is 5.00. The Morgan fingerprint density at radius 3 is 3.00 bits per heavy atom. The van der Waals surface area contributed by atoms with Crippen molar-refractivity contribution in [2.24, 2.45) is 11.8 Å². The molecule has 3 N–H and O–H groups in total. The molecule has 2 amide bonds. The second kappa shape index (κ2) is 10.8. The van der Waals surface area contributed by atoms with Gasteiger partial charge in [0.05, 0.1) is 29.8 Å². The summed E-state index contributed by atoms with van der Waals surface area (Å²) in [7, 11) is 1.61. The Morgan fingerprint density at radius 1 is 1.25 bits per heavy atom. The molecule has 5 rings (SSSR count). The first kappa shape index (κ1) is 24.5. The lowest BCUT2D eigenvalue weighted by molar-refractivity contribution is -0.121. The van der Waals surface area contributed by atoms with Crippen LogP contribution >= 0.6 is 11.8 Å². The van der Waals surface area contributed by atoms with Crippen LogP contribution in [0.25, 0.3) is 10.9 Å². The summed E-state index contributed by atoms with van der Waals surface area (Å²) < 4.78 is 19.9. The van der Waals surface area contributed by atoms with Crippen molar-refractivity contribution in [3.05, 3.63) is 54.0 Å². The van der Waals surface area contributed by atoms with Crippen LogP contribution in [0.4, 0.5) is 15.8 Å². The molecule has 9 heteroatoms. The summed E-state index contributed by atoms with van der Waals surface area (Å²) in [6.07, 6.45) is 5.34. The van der Waals surface area contributed by atoms with Gasteiger partial charge in [-0.25, -0.2) is 4.39 Å². The molecule has 2 aliphatic rings. The van der Waals surface area contributed by atoms with Crippen LogP contribution in [0.3, 0.4) is 0 Å². The Bertz CT molecular complexity index is 1300. The number of hydrogen-bond donors (Lipinski definition) is 3. The van der Waals surface area contributed by atoms with Gasteiger partial charge in [-0.2, -0.15) is 0 Å². The normalized spacial score (nSPS) is 19.4. The highest BCUT2D eigenvalue weighted by Gasteiger charge is 2.27. The maximum atomic E-state index is 14.5. The monoisotopic (exact) mass is 508 g/mol. The van der Waals surface area contributed by atoms with Crippen LogP contribution in [0.5, 0.6) is 5.75 Å². The van der Waals surface area contributed by atoms with Crippen LogP contribution in [0.2, 0.25) is 0 Å². The van der Waals surface area contributed by atoms with E-state index in [0.717, 1.165) is 47.2 Å². The van der Waals surface area contributed by atoms with Crippen LogP contribution < -0.4 is 20.7 Å². The van der Waals surface area contributed by atoms with Gasteiger partial charge in [0.25, 0.3) is 0 Å². The summed E-state index contributed by atoms with van der Waals surface area (Å²) in [6.45, 7) is 1.08. The van der Waals surface area contributed by atoms with Gasteiger partial charge in [0, 0.05) is 34.5 Å². The number of carbonyl (C=O) groups is 2. The van der Waals surface area contributed by atoms with Gasteiger partial charge in [-0.1, -0.05) is 6.42 Å². The molecule has 2 atom stereocenters. The zero-order valence-corrected chi connectivity index (χ0v) is 20.9. The molecule has 0 radical (unpaired) electrons. The van der Waals surface area contributed by atoms with Gasteiger partial charge in [-0.3, -0.25) is 14.6 Å². The summed E-state index contributed by atoms with van der Waals surface area (Å²) in [6, 6.07) is 10.6. The lowest BCUT2D eigenvalue weighted by Crippen LogP contribution is -2.32. The second-order valence-corrected chi connectivity index (χ2v) is 10.4. The number of rotatable bonds is 7. The topological polar surface area (TPSA) is 92.3 Å². The van der Waals surface area contributed by atoms with Crippen molar-refractivity contribution in [1.29, 1.82) is 0 Å². The number of hydrogen-bond acceptors (Lipinski definition) is 6. The number of fused-ring (bicyclic) bond motifs is 2. The number of benzene rings is 2. The third kappa shape index (κ3) is 5.47. The predicted molar refractivity (Wildman–Crippen MR) is 140 cm³/mol. The fraction of sp³-hybridized carbons (Fsp3) is 0.370. The van der Waals surface area contributed by atoms with E-state index in [1.165, 1.54) is 17.8 Å². The van der Waals surface area contributed by atoms with Gasteiger partial charge in [0.15, 0.2) is 0 Å². The van der Waals surface area contributed by atoms with Crippen molar-refractivity contribution in [3.8, 4) is 5.75 Å². The maximum absolute atomic E-state index is 14.5. The first-order chi connectivity index (χ1) is 17.5. The van der Waals surface area contributed by atoms with Gasteiger partial charge < -0.3 is 20.7 Å². The number of thioether (sulfide) groups is 1. The molecule has 0 spiro atoms. The number of methoxy groups -OCH3 is 1. The Labute approximate surface area is 213 Å². The van der Waals surface area contributed by atoms with Gasteiger partial charge in [0.1, 0.15) is 11.6 Å². The molecule has 1 aliphatic carbocycles. The molecule has 0 saturated heterocycles. The molecular formula is C27H29FN4O3S. The zero-order chi connectivity index (χ0) is 25.1. The standard InChI is InChI=1S/C27H29FN4O3S/c1-35-19-5-6-22-20(11-19)23(7-8-30-22)32-27(34)17-4-2-3-16(9-17)13-29-14-18-10-24-25(12-21(18)28)36-15-26(33)31-24/h5-8,10-12,16-17,29H,2-4,9,13-15H2,1H3,(H,31,33)(H,30,32,34). The van der Waals surface area contributed by atoms with Crippen LogP contribution in [0.15, 0.2) is 47.5 Å². The molecular weight excluding hydrogens is 479 g/mol. The molecule has 3 aromatic rings. The minimum Gasteiger partial charge on any atom is -0.497 e. The average Bonchev–Trinajstić information content (AvgIpc) is 2.89. The highest BCUT2D eigenvalue weighted by molar-refractivity contribution is 8.00. The molecule has 2 heterocycles. The summed E-state index contributed by atoms with van der Waals surface area (Å²) >= 11 is 1.35. The Hall–Kier alpha value is -3.17. The molecule has 188 valence electrons. The number of ether oxygens (including phenoxy) is 1. The van der Waals surface area contributed by atoms with E-state index in [-0.39, 0.29) is 23.5 Å². The predicted octanol–water partition coefficient (Wildman–Crippen LogP) is 4.96. The Morgan fingerprint density at radius 2 is 2.14 bits per heavy atom. The lowest BCUT2D eigenvalue weighted by Gasteiger charge is -2.29. The largest absolute Gasteiger partial charge is 0.497 e. The van der Waals surface area contributed by atoms with Crippen LogP contribution in [-0.2, 0) is 16.1 Å². The first-order valence-electron chi connectivity index (χ1n) is 12.2. The van der Waals surface area contributed by atoms with Crippen molar-refractivity contribution < 1.29 is 18.7 Å². The highest BCUT2D eigenvalue weighted by atomic mass is 32.2. The van der Waals surface area contributed by atoms with Crippen LogP contribution in [0.1, 0.15) is 31.2 Å². The number of pyridine rings is 1. The van der Waals surface area contributed by atoms with Gasteiger partial charge >= 0.3 is 0 Å². The van der Waals surface area contributed by atoms with Crippen molar-refractivity contribution in [2.45, 2.75) is 37.1 Å². The van der Waals surface area contributed by atoms with E-state index in [0.29, 0.717) is 41.8 Å². The molecule has 7 nitrogen and oxygen atoms in total. The summed E-state index contributed by atoms with van der Waals surface area (Å²) in [5.74, 6) is 0.962. The molecule has 36 heavy (non-hydrogen) atoms. The number of nitrogens with one attached hydrogen (secondary N) is 3. The second-order valence-electron chi connectivity index (χ2n) is 9.37. The van der Waals surface area contributed by atoms with Crippen molar-refractivity contribution in [3.63, 3.8) is 0 Å². The minimum absolute atomic E-state index is 0.0176. The Balaban J connectivity index is 1.18. The van der Waals surface area contributed by atoms with Crippen molar-refractivity contribution >= 4 is 45.9 Å². The number of halogens is 1. The van der Waals surface area contributed by atoms with E-state index in [1.807, 2.05) is 24.3 Å². The summed E-state index contributed by atoms with van der Waals surface area (Å²) in [5.41, 5.74) is 2.73. The van der Waals surface area contributed by atoms with E-state index in [9.17, 15) is 14.0 Å². The molecule has 1 aromatic heterocycles. The first-order valence-corrected chi connectivity index (χ1v) is 13.2. The van der Waals surface area contributed by atoms with Crippen molar-refractivity contribution in [1.82, 2.24) is 10.3 Å². The van der Waals surface area contributed by atoms with E-state index in [1.54, 1.807) is 19.4 Å². The summed E-state index contributed by atoms with van der Waals surface area (Å²) in [4.78, 5) is 29.9. The quantitative estimate of drug-likeness (QED) is 0.418. The van der Waals surface area contributed by atoms with E-state index >= 15 is 0 Å². The van der Waals surface area contributed by atoms with E-state index in [4.69, 9.17) is 4.74 Å². The molecule has 2 aromatic carbocycles. The Kier molecular flexibility index (Phi) is 7.38. The fourth-order valence-corrected chi connectivity index (χ4v) is 5.81. The number of nitrogens with zero attached hydrogens (tertiary/aromatic N) is 1. The summed E-state index contributed by atoms with van der Waals surface area (Å²) in [5, 5.41) is 10.1. The smallest absolute Gasteiger partial charge is 0.234 e. The average molecular weight is 509 g/mol. The van der Waals surface area contributed by atoms with Gasteiger partial charge in [-0.15, -0.1) is 11.8 Å². The third-order valence-electron chi connectivity index (χ3n) is 6.89. The van der Waals surface area contributed by atoms with Crippen molar-refractivity contribution in [2.75, 3.05) is 30.0 Å². The van der Waals surface area contributed by atoms with Gasteiger partial charge in [0.2, 0.25) is 11.8 Å². The molecule has 1 aliphatic heterocycles. The number of anilines is 2. The highest BCUT2D eigenvalue weighted by Crippen LogP contribution is 2.34. The number of amides is 2. The number of carbonyl (C=O) groups excluding carboxylic acids is 2. The van der Waals surface area contributed by atoms with Gasteiger partial charge in [-0.05, 0) is 68.1 Å². The lowest BCUT2D eigenvalue weighted by atomic mass is 9.81. The zero-order valence-electron chi connectivity index (χ0n) is 20.1. The molecule has 1 saturated carbocycles. The van der Waals surface area contributed by atoms with E-state index < -0.39 is 0 Å².